The number of halogens is 4. The molecule has 1 aliphatic heterocycles. The lowest BCUT2D eigenvalue weighted by Gasteiger charge is -2.35. The molecule has 1 fully saturated rings. The third-order valence-electron chi connectivity index (χ3n) is 3.70. The molecule has 1 aromatic carbocycles. The number of piperazine rings is 1. The minimum Gasteiger partial charge on any atom is -0.338 e. The summed E-state index contributed by atoms with van der Waals surface area (Å²) in [4.78, 5) is 27.1. The van der Waals surface area contributed by atoms with Crippen molar-refractivity contribution >= 4 is 24.2 Å². The molecule has 1 aromatic rings. The molecule has 1 aliphatic rings. The van der Waals surface area contributed by atoms with Crippen LogP contribution in [0.15, 0.2) is 24.3 Å². The molecule has 0 saturated carbocycles. The Morgan fingerprint density at radius 2 is 1.67 bits per heavy atom. The molecule has 1 atom stereocenters. The van der Waals surface area contributed by atoms with E-state index in [0.717, 1.165) is 12.1 Å². The van der Waals surface area contributed by atoms with Crippen molar-refractivity contribution in [3.05, 3.63) is 35.4 Å². The van der Waals surface area contributed by atoms with Crippen LogP contribution in [0.25, 0.3) is 0 Å². The highest BCUT2D eigenvalue weighted by atomic mass is 35.5. The number of rotatable bonds is 2. The Labute approximate surface area is 144 Å². The second-order valence-electron chi connectivity index (χ2n) is 5.48. The molecule has 2 N–H and O–H groups in total. The summed E-state index contributed by atoms with van der Waals surface area (Å²) in [6.07, 6.45) is -4.49. The van der Waals surface area contributed by atoms with Crippen LogP contribution in [-0.4, -0.2) is 53.8 Å². The zero-order chi connectivity index (χ0) is 17.2. The molecule has 24 heavy (non-hydrogen) atoms. The van der Waals surface area contributed by atoms with Crippen LogP contribution in [0, 0.1) is 0 Å². The average molecular weight is 366 g/mol. The monoisotopic (exact) mass is 365 g/mol. The average Bonchev–Trinajstić information content (AvgIpc) is 2.53. The number of carbonyl (C=O) groups excluding carboxylic acids is 2. The number of benzene rings is 1. The summed E-state index contributed by atoms with van der Waals surface area (Å²) in [5.74, 6) is -0.667. The van der Waals surface area contributed by atoms with E-state index < -0.39 is 23.7 Å². The van der Waals surface area contributed by atoms with Gasteiger partial charge in [-0.2, -0.15) is 13.2 Å². The van der Waals surface area contributed by atoms with Gasteiger partial charge >= 0.3 is 6.18 Å². The van der Waals surface area contributed by atoms with Crippen molar-refractivity contribution in [1.29, 1.82) is 0 Å². The number of carbonyl (C=O) groups is 2. The molecule has 1 saturated heterocycles. The second-order valence-corrected chi connectivity index (χ2v) is 5.48. The molecule has 134 valence electrons. The lowest BCUT2D eigenvalue weighted by atomic mass is 10.1. The highest BCUT2D eigenvalue weighted by Gasteiger charge is 2.32. The largest absolute Gasteiger partial charge is 0.416 e. The van der Waals surface area contributed by atoms with Gasteiger partial charge in [0.2, 0.25) is 5.91 Å². The summed E-state index contributed by atoms with van der Waals surface area (Å²) in [5, 5.41) is 0. The maximum atomic E-state index is 12.7. The minimum absolute atomic E-state index is 0. The number of amides is 2. The molecule has 1 heterocycles. The van der Waals surface area contributed by atoms with Crippen molar-refractivity contribution in [2.75, 3.05) is 26.2 Å². The van der Waals surface area contributed by atoms with Gasteiger partial charge in [-0.05, 0) is 25.1 Å². The standard InChI is InChI=1S/C15H18F3N3O2.ClH/c1-10(19)13(22)20-5-7-21(8-6-20)14(23)11-3-2-4-12(9-11)15(16,17)18;/h2-4,9-10H,5-8,19H2,1H3;1H/t10-;/m1./s1. The molecular formula is C15H19ClF3N3O2. The lowest BCUT2D eigenvalue weighted by molar-refractivity contribution is -0.137. The van der Waals surface area contributed by atoms with Crippen molar-refractivity contribution in [2.45, 2.75) is 19.1 Å². The normalized spacial score (nSPS) is 16.4. The van der Waals surface area contributed by atoms with E-state index in [4.69, 9.17) is 5.73 Å². The van der Waals surface area contributed by atoms with E-state index in [1.807, 2.05) is 0 Å². The number of alkyl halides is 3. The van der Waals surface area contributed by atoms with E-state index in [1.165, 1.54) is 17.0 Å². The molecule has 0 radical (unpaired) electrons. The summed E-state index contributed by atoms with van der Waals surface area (Å²) >= 11 is 0. The van der Waals surface area contributed by atoms with Gasteiger partial charge in [-0.15, -0.1) is 12.4 Å². The molecule has 0 aromatic heterocycles. The van der Waals surface area contributed by atoms with E-state index in [1.54, 1.807) is 11.8 Å². The third-order valence-corrected chi connectivity index (χ3v) is 3.70. The van der Waals surface area contributed by atoms with Gasteiger partial charge in [-0.25, -0.2) is 0 Å². The van der Waals surface area contributed by atoms with Crippen molar-refractivity contribution in [3.63, 3.8) is 0 Å². The van der Waals surface area contributed by atoms with E-state index >= 15 is 0 Å². The number of nitrogens with two attached hydrogens (primary N) is 1. The van der Waals surface area contributed by atoms with E-state index in [-0.39, 0.29) is 37.0 Å². The summed E-state index contributed by atoms with van der Waals surface area (Å²) in [7, 11) is 0. The highest BCUT2D eigenvalue weighted by molar-refractivity contribution is 5.94. The second kappa shape index (κ2) is 7.85. The molecule has 2 rings (SSSR count). The third kappa shape index (κ3) is 4.61. The quantitative estimate of drug-likeness (QED) is 0.868. The Hall–Kier alpha value is -1.80. The fourth-order valence-corrected chi connectivity index (χ4v) is 2.43. The molecule has 2 amide bonds. The Morgan fingerprint density at radius 3 is 2.17 bits per heavy atom. The number of hydrogen-bond donors (Lipinski definition) is 1. The van der Waals surface area contributed by atoms with E-state index in [2.05, 4.69) is 0 Å². The van der Waals surface area contributed by atoms with Gasteiger partial charge in [-0.1, -0.05) is 6.07 Å². The zero-order valence-electron chi connectivity index (χ0n) is 13.0. The van der Waals surface area contributed by atoms with E-state index in [9.17, 15) is 22.8 Å². The zero-order valence-corrected chi connectivity index (χ0v) is 13.9. The Balaban J connectivity index is 0.00000288. The van der Waals surface area contributed by atoms with Crippen LogP contribution >= 0.6 is 12.4 Å². The summed E-state index contributed by atoms with van der Waals surface area (Å²) in [6.45, 7) is 2.78. The van der Waals surface area contributed by atoms with Crippen LogP contribution in [0.1, 0.15) is 22.8 Å². The predicted molar refractivity (Wildman–Crippen MR) is 84.8 cm³/mol. The Morgan fingerprint density at radius 1 is 1.12 bits per heavy atom. The van der Waals surface area contributed by atoms with Crippen LogP contribution in [0.5, 0.6) is 0 Å². The van der Waals surface area contributed by atoms with Crippen molar-refractivity contribution in [2.24, 2.45) is 5.73 Å². The Kier molecular flexibility index (Phi) is 6.62. The van der Waals surface area contributed by atoms with Crippen molar-refractivity contribution in [1.82, 2.24) is 9.80 Å². The Bertz CT molecular complexity index is 600. The molecule has 0 unspecified atom stereocenters. The fourth-order valence-electron chi connectivity index (χ4n) is 2.43. The number of hydrogen-bond acceptors (Lipinski definition) is 3. The molecule has 0 bridgehead atoms. The first kappa shape index (κ1) is 20.2. The van der Waals surface area contributed by atoms with Gasteiger partial charge in [0.25, 0.3) is 5.91 Å². The molecule has 9 heteroatoms. The topological polar surface area (TPSA) is 66.6 Å². The smallest absolute Gasteiger partial charge is 0.338 e. The fraction of sp³-hybridized carbons (Fsp3) is 0.467. The number of nitrogens with zero attached hydrogens (tertiary/aromatic N) is 2. The molecule has 0 aliphatic carbocycles. The molecular weight excluding hydrogens is 347 g/mol. The lowest BCUT2D eigenvalue weighted by Crippen LogP contribution is -2.53. The summed E-state index contributed by atoms with van der Waals surface area (Å²) in [5.41, 5.74) is 4.67. The summed E-state index contributed by atoms with van der Waals surface area (Å²) in [6, 6.07) is 3.74. The van der Waals surface area contributed by atoms with Crippen molar-refractivity contribution in [3.8, 4) is 0 Å². The van der Waals surface area contributed by atoms with Crippen LogP contribution in [0.2, 0.25) is 0 Å². The first-order valence-corrected chi connectivity index (χ1v) is 7.21. The molecule has 5 nitrogen and oxygen atoms in total. The molecule has 0 spiro atoms. The first-order valence-electron chi connectivity index (χ1n) is 7.21. The summed E-state index contributed by atoms with van der Waals surface area (Å²) < 4.78 is 38.1. The van der Waals surface area contributed by atoms with Gasteiger partial charge < -0.3 is 15.5 Å². The minimum atomic E-state index is -4.49. The van der Waals surface area contributed by atoms with E-state index in [0.29, 0.717) is 13.1 Å². The van der Waals surface area contributed by atoms with Crippen LogP contribution in [-0.2, 0) is 11.0 Å². The highest BCUT2D eigenvalue weighted by Crippen LogP contribution is 2.29. The van der Waals surface area contributed by atoms with Crippen molar-refractivity contribution < 1.29 is 22.8 Å². The maximum absolute atomic E-state index is 12.7. The maximum Gasteiger partial charge on any atom is 0.416 e. The predicted octanol–water partition coefficient (Wildman–Crippen LogP) is 1.76. The van der Waals surface area contributed by atoms with Crippen LogP contribution in [0.3, 0.4) is 0 Å². The van der Waals surface area contributed by atoms with Gasteiger partial charge in [0.05, 0.1) is 11.6 Å². The van der Waals surface area contributed by atoms with Gasteiger partial charge in [-0.3, -0.25) is 9.59 Å². The van der Waals surface area contributed by atoms with Gasteiger partial charge in [0.15, 0.2) is 0 Å². The SMILES string of the molecule is C[C@@H](N)C(=O)N1CCN(C(=O)c2cccc(C(F)(F)F)c2)CC1.Cl. The van der Waals surface area contributed by atoms with Gasteiger partial charge in [0.1, 0.15) is 0 Å². The first-order chi connectivity index (χ1) is 10.7. The van der Waals surface area contributed by atoms with Crippen LogP contribution in [0.4, 0.5) is 13.2 Å². The van der Waals surface area contributed by atoms with Gasteiger partial charge in [0, 0.05) is 31.7 Å². The van der Waals surface area contributed by atoms with Crippen LogP contribution < -0.4 is 5.73 Å².